The van der Waals surface area contributed by atoms with Gasteiger partial charge in [0.1, 0.15) is 0 Å². The first-order chi connectivity index (χ1) is 21.3. The van der Waals surface area contributed by atoms with Crippen LogP contribution in [0.4, 0.5) is 0 Å². The van der Waals surface area contributed by atoms with Gasteiger partial charge in [-0.05, 0) is 65.1 Å². The highest BCUT2D eigenvalue weighted by Gasteiger charge is 2.22. The molecule has 4 heteroatoms. The summed E-state index contributed by atoms with van der Waals surface area (Å²) in [5.74, 6) is 1.64. The molecule has 43 heavy (non-hydrogen) atoms. The van der Waals surface area contributed by atoms with Crippen LogP contribution in [0.5, 0.6) is 0 Å². The number of fused-ring (bicyclic) bond motifs is 6. The minimum absolute atomic E-state index is 0.813. The topological polar surface area (TPSA) is 35.6 Å². The lowest BCUT2D eigenvalue weighted by atomic mass is 10.0. The average Bonchev–Trinajstić information content (AvgIpc) is 3.77. The SMILES string of the molecule is c1ccc(-c2nnc(-c3cccc(-n4c5ccccc5c5ccccc54)c3)n2-c2ccc3c(c2)-c2ccccc2C3)cc1. The van der Waals surface area contributed by atoms with E-state index in [-0.39, 0.29) is 0 Å². The van der Waals surface area contributed by atoms with Gasteiger partial charge < -0.3 is 4.57 Å². The first-order valence-corrected chi connectivity index (χ1v) is 14.6. The molecule has 6 aromatic carbocycles. The summed E-state index contributed by atoms with van der Waals surface area (Å²) in [5, 5.41) is 12.1. The average molecular weight is 551 g/mol. The van der Waals surface area contributed by atoms with E-state index in [9.17, 15) is 0 Å². The molecular weight excluding hydrogens is 524 g/mol. The van der Waals surface area contributed by atoms with Crippen molar-refractivity contribution in [3.63, 3.8) is 0 Å². The molecule has 0 unspecified atom stereocenters. The molecule has 0 amide bonds. The molecule has 1 aliphatic rings. The fourth-order valence-corrected chi connectivity index (χ4v) is 6.73. The molecule has 8 aromatic rings. The van der Waals surface area contributed by atoms with Crippen molar-refractivity contribution in [3.05, 3.63) is 157 Å². The third kappa shape index (κ3) is 3.70. The molecule has 0 radical (unpaired) electrons. The quantitative estimate of drug-likeness (QED) is 0.219. The second kappa shape index (κ2) is 9.40. The maximum atomic E-state index is 4.83. The summed E-state index contributed by atoms with van der Waals surface area (Å²) in [6.45, 7) is 0. The molecule has 4 nitrogen and oxygen atoms in total. The van der Waals surface area contributed by atoms with Crippen molar-refractivity contribution in [1.29, 1.82) is 0 Å². The lowest BCUT2D eigenvalue weighted by molar-refractivity contribution is 1.07. The number of benzene rings is 6. The molecule has 2 heterocycles. The maximum absolute atomic E-state index is 4.83. The van der Waals surface area contributed by atoms with E-state index in [1.54, 1.807) is 0 Å². The zero-order chi connectivity index (χ0) is 28.3. The van der Waals surface area contributed by atoms with Crippen LogP contribution in [-0.2, 0) is 6.42 Å². The van der Waals surface area contributed by atoms with E-state index in [4.69, 9.17) is 10.2 Å². The Morgan fingerprint density at radius 1 is 0.419 bits per heavy atom. The van der Waals surface area contributed by atoms with E-state index in [0.717, 1.165) is 40.6 Å². The summed E-state index contributed by atoms with van der Waals surface area (Å²) in [6, 6.07) is 51.7. The highest BCUT2D eigenvalue weighted by atomic mass is 15.3. The maximum Gasteiger partial charge on any atom is 0.168 e. The lowest BCUT2D eigenvalue weighted by Gasteiger charge is -2.14. The van der Waals surface area contributed by atoms with Gasteiger partial charge >= 0.3 is 0 Å². The fraction of sp³-hybridized carbons (Fsp3) is 0.0256. The zero-order valence-corrected chi connectivity index (χ0v) is 23.4. The second-order valence-corrected chi connectivity index (χ2v) is 11.1. The van der Waals surface area contributed by atoms with Crippen LogP contribution >= 0.6 is 0 Å². The van der Waals surface area contributed by atoms with E-state index >= 15 is 0 Å². The van der Waals surface area contributed by atoms with Crippen LogP contribution in [0.15, 0.2) is 146 Å². The summed E-state index contributed by atoms with van der Waals surface area (Å²) in [7, 11) is 0. The number of nitrogens with zero attached hydrogens (tertiary/aromatic N) is 4. The molecule has 1 aliphatic carbocycles. The van der Waals surface area contributed by atoms with Gasteiger partial charge in [0.05, 0.1) is 11.0 Å². The van der Waals surface area contributed by atoms with Crippen LogP contribution < -0.4 is 0 Å². The van der Waals surface area contributed by atoms with Crippen LogP contribution in [-0.4, -0.2) is 19.3 Å². The largest absolute Gasteiger partial charge is 0.309 e. The smallest absolute Gasteiger partial charge is 0.168 e. The first-order valence-electron chi connectivity index (χ1n) is 14.6. The Balaban J connectivity index is 1.26. The van der Waals surface area contributed by atoms with E-state index < -0.39 is 0 Å². The Labute approximate surface area is 249 Å². The molecule has 0 saturated carbocycles. The summed E-state index contributed by atoms with van der Waals surface area (Å²) in [5.41, 5.74) is 11.9. The van der Waals surface area contributed by atoms with Gasteiger partial charge in [-0.15, -0.1) is 10.2 Å². The summed E-state index contributed by atoms with van der Waals surface area (Å²) >= 11 is 0. The Morgan fingerprint density at radius 2 is 1.02 bits per heavy atom. The van der Waals surface area contributed by atoms with E-state index in [0.29, 0.717) is 0 Å². The van der Waals surface area contributed by atoms with Crippen LogP contribution in [0.1, 0.15) is 11.1 Å². The van der Waals surface area contributed by atoms with Gasteiger partial charge in [-0.2, -0.15) is 0 Å². The molecule has 0 aliphatic heterocycles. The number of hydrogen-bond donors (Lipinski definition) is 0. The molecule has 0 bridgehead atoms. The Bertz CT molecular complexity index is 2270. The summed E-state index contributed by atoms with van der Waals surface area (Å²) < 4.78 is 4.56. The van der Waals surface area contributed by atoms with Gasteiger partial charge in [0.2, 0.25) is 0 Å². The fourth-order valence-electron chi connectivity index (χ4n) is 6.73. The van der Waals surface area contributed by atoms with Gasteiger partial charge in [0, 0.05) is 33.3 Å². The second-order valence-electron chi connectivity index (χ2n) is 11.1. The molecule has 2 aromatic heterocycles. The highest BCUT2D eigenvalue weighted by molar-refractivity contribution is 6.09. The van der Waals surface area contributed by atoms with Gasteiger partial charge in [0.15, 0.2) is 11.6 Å². The van der Waals surface area contributed by atoms with E-state index in [2.05, 4.69) is 149 Å². The third-order valence-electron chi connectivity index (χ3n) is 8.68. The molecule has 0 saturated heterocycles. The van der Waals surface area contributed by atoms with Crippen molar-refractivity contribution < 1.29 is 0 Å². The number of para-hydroxylation sites is 2. The van der Waals surface area contributed by atoms with Crippen molar-refractivity contribution in [2.75, 3.05) is 0 Å². The van der Waals surface area contributed by atoms with Crippen LogP contribution in [0.25, 0.3) is 67.1 Å². The Morgan fingerprint density at radius 3 is 1.81 bits per heavy atom. The van der Waals surface area contributed by atoms with Gasteiger partial charge in [-0.25, -0.2) is 0 Å². The molecule has 202 valence electrons. The standard InChI is InChI=1S/C39H26N4/c1-2-11-26(12-3-1)38-40-41-39(43(38)31-22-21-28-23-27-13-4-5-16-32(27)35(28)25-31)29-14-10-15-30(24-29)42-36-19-8-6-17-33(36)34-18-7-9-20-37(34)42/h1-22,24-25H,23H2. The van der Waals surface area contributed by atoms with Crippen molar-refractivity contribution in [1.82, 2.24) is 19.3 Å². The summed E-state index contributed by atoms with van der Waals surface area (Å²) in [6.07, 6.45) is 0.965. The van der Waals surface area contributed by atoms with E-state index in [1.165, 1.54) is 44.1 Å². The molecule has 0 spiro atoms. The monoisotopic (exact) mass is 550 g/mol. The minimum Gasteiger partial charge on any atom is -0.309 e. The van der Waals surface area contributed by atoms with Gasteiger partial charge in [-0.3, -0.25) is 4.57 Å². The van der Waals surface area contributed by atoms with Crippen LogP contribution in [0.2, 0.25) is 0 Å². The predicted octanol–water partition coefficient (Wildman–Crippen LogP) is 9.27. The van der Waals surface area contributed by atoms with Crippen molar-refractivity contribution >= 4 is 21.8 Å². The third-order valence-corrected chi connectivity index (χ3v) is 8.68. The zero-order valence-electron chi connectivity index (χ0n) is 23.4. The van der Waals surface area contributed by atoms with Gasteiger partial charge in [-0.1, -0.05) is 109 Å². The van der Waals surface area contributed by atoms with Crippen LogP contribution in [0, 0.1) is 0 Å². The predicted molar refractivity (Wildman–Crippen MR) is 175 cm³/mol. The highest BCUT2D eigenvalue weighted by Crippen LogP contribution is 2.39. The van der Waals surface area contributed by atoms with Crippen molar-refractivity contribution in [3.8, 4) is 45.3 Å². The number of rotatable bonds is 4. The lowest BCUT2D eigenvalue weighted by Crippen LogP contribution is -2.02. The number of hydrogen-bond acceptors (Lipinski definition) is 2. The molecule has 9 rings (SSSR count). The van der Waals surface area contributed by atoms with Gasteiger partial charge in [0.25, 0.3) is 0 Å². The number of aromatic nitrogens is 4. The Hall–Kier alpha value is -5.74. The van der Waals surface area contributed by atoms with Crippen molar-refractivity contribution in [2.45, 2.75) is 6.42 Å². The van der Waals surface area contributed by atoms with Crippen molar-refractivity contribution in [2.24, 2.45) is 0 Å². The Kier molecular flexibility index (Phi) is 5.23. The summed E-state index contributed by atoms with van der Waals surface area (Å²) in [4.78, 5) is 0. The first kappa shape index (κ1) is 23.9. The molecular formula is C39H26N4. The van der Waals surface area contributed by atoms with E-state index in [1.807, 2.05) is 6.07 Å². The molecule has 0 fully saturated rings. The molecule has 0 N–H and O–H groups in total. The minimum atomic E-state index is 0.813. The molecule has 0 atom stereocenters. The normalized spacial score (nSPS) is 12.1. The van der Waals surface area contributed by atoms with Crippen LogP contribution in [0.3, 0.4) is 0 Å².